The fraction of sp³-hybridized carbons (Fsp3) is 0.462. The lowest BCUT2D eigenvalue weighted by Gasteiger charge is -2.22. The van der Waals surface area contributed by atoms with Crippen molar-refractivity contribution in [3.63, 3.8) is 0 Å². The van der Waals surface area contributed by atoms with Crippen LogP contribution in [0.5, 0.6) is 0 Å². The maximum absolute atomic E-state index is 11.7. The second kappa shape index (κ2) is 6.32. The molecule has 0 N–H and O–H groups in total. The number of ether oxygens (including phenoxy) is 1. The molecule has 1 heterocycles. The minimum absolute atomic E-state index is 0.0647. The Kier molecular flexibility index (Phi) is 4.72. The molecule has 6 nitrogen and oxygen atoms in total. The molecule has 1 aliphatic heterocycles. The van der Waals surface area contributed by atoms with Gasteiger partial charge in [0.1, 0.15) is 6.04 Å². The van der Waals surface area contributed by atoms with Crippen molar-refractivity contribution in [2.24, 2.45) is 0 Å². The second-order valence-electron chi connectivity index (χ2n) is 4.68. The van der Waals surface area contributed by atoms with Crippen LogP contribution in [-0.2, 0) is 16.1 Å². The summed E-state index contributed by atoms with van der Waals surface area (Å²) in [5, 5.41) is 11.1. The lowest BCUT2D eigenvalue weighted by Crippen LogP contribution is -2.36. The van der Waals surface area contributed by atoms with Gasteiger partial charge in [-0.25, -0.2) is 0 Å². The Morgan fingerprint density at radius 3 is 3.00 bits per heavy atom. The second-order valence-corrected chi connectivity index (χ2v) is 5.60. The van der Waals surface area contributed by atoms with E-state index in [1.165, 1.54) is 13.2 Å². The molecule has 1 aromatic rings. The average molecular weight is 343 g/mol. The van der Waals surface area contributed by atoms with E-state index in [-0.39, 0.29) is 17.7 Å². The molecule has 0 bridgehead atoms. The molecule has 108 valence electrons. The topological polar surface area (TPSA) is 72.7 Å². The van der Waals surface area contributed by atoms with E-state index in [0.29, 0.717) is 16.6 Å². The summed E-state index contributed by atoms with van der Waals surface area (Å²) in [5.41, 5.74) is 0.670. The third kappa shape index (κ3) is 3.16. The summed E-state index contributed by atoms with van der Waals surface area (Å²) >= 11 is 3.23. The van der Waals surface area contributed by atoms with E-state index < -0.39 is 4.92 Å². The first-order valence-electron chi connectivity index (χ1n) is 6.27. The number of rotatable bonds is 4. The lowest BCUT2D eigenvalue weighted by molar-refractivity contribution is -0.385. The Hall–Kier alpha value is -1.47. The predicted octanol–water partition coefficient (Wildman–Crippen LogP) is 2.49. The molecular weight excluding hydrogens is 328 g/mol. The third-order valence-corrected chi connectivity index (χ3v) is 3.95. The predicted molar refractivity (Wildman–Crippen MR) is 76.2 cm³/mol. The molecule has 2 rings (SSSR count). The quantitative estimate of drug-likeness (QED) is 0.477. The van der Waals surface area contributed by atoms with Gasteiger partial charge in [0.05, 0.1) is 12.0 Å². The normalized spacial score (nSPS) is 19.0. The van der Waals surface area contributed by atoms with Gasteiger partial charge in [-0.15, -0.1) is 0 Å². The Morgan fingerprint density at radius 1 is 1.60 bits per heavy atom. The van der Waals surface area contributed by atoms with Gasteiger partial charge in [0.25, 0.3) is 5.69 Å². The van der Waals surface area contributed by atoms with E-state index in [1.807, 2.05) is 4.90 Å². The highest BCUT2D eigenvalue weighted by atomic mass is 79.9. The molecule has 1 aromatic carbocycles. The first kappa shape index (κ1) is 14.9. The van der Waals surface area contributed by atoms with Crippen LogP contribution in [0, 0.1) is 10.1 Å². The molecule has 20 heavy (non-hydrogen) atoms. The minimum atomic E-state index is -0.399. The van der Waals surface area contributed by atoms with E-state index in [9.17, 15) is 14.9 Å². The van der Waals surface area contributed by atoms with Crippen LogP contribution >= 0.6 is 15.9 Å². The fourth-order valence-electron chi connectivity index (χ4n) is 2.48. The highest BCUT2D eigenvalue weighted by molar-refractivity contribution is 9.10. The number of likely N-dealkylation sites (tertiary alicyclic amines) is 1. The van der Waals surface area contributed by atoms with E-state index in [0.717, 1.165) is 19.4 Å². The molecule has 0 saturated carbocycles. The first-order valence-corrected chi connectivity index (χ1v) is 7.07. The van der Waals surface area contributed by atoms with Crippen LogP contribution in [0.3, 0.4) is 0 Å². The summed E-state index contributed by atoms with van der Waals surface area (Å²) in [7, 11) is 1.36. The molecule has 0 aliphatic carbocycles. The van der Waals surface area contributed by atoms with Crippen molar-refractivity contribution in [2.45, 2.75) is 25.4 Å². The van der Waals surface area contributed by atoms with E-state index in [4.69, 9.17) is 4.74 Å². The van der Waals surface area contributed by atoms with Crippen LogP contribution < -0.4 is 0 Å². The molecule has 0 spiro atoms. The van der Waals surface area contributed by atoms with Gasteiger partial charge in [0.15, 0.2) is 0 Å². The van der Waals surface area contributed by atoms with Crippen LogP contribution in [0.25, 0.3) is 0 Å². The number of methoxy groups -OCH3 is 1. The highest BCUT2D eigenvalue weighted by Crippen LogP contribution is 2.28. The molecule has 1 aliphatic rings. The summed E-state index contributed by atoms with van der Waals surface area (Å²) in [5.74, 6) is -0.276. The van der Waals surface area contributed by atoms with E-state index in [2.05, 4.69) is 15.9 Å². The Morgan fingerprint density at radius 2 is 2.35 bits per heavy atom. The van der Waals surface area contributed by atoms with Gasteiger partial charge in [-0.3, -0.25) is 19.8 Å². The molecule has 0 aromatic heterocycles. The first-order chi connectivity index (χ1) is 9.52. The van der Waals surface area contributed by atoms with Crippen LogP contribution in [0.2, 0.25) is 0 Å². The largest absolute Gasteiger partial charge is 0.468 e. The van der Waals surface area contributed by atoms with Crippen LogP contribution in [0.15, 0.2) is 22.7 Å². The number of carbonyl (C=O) groups excluding carboxylic acids is 1. The number of nitro benzene ring substituents is 1. The van der Waals surface area contributed by atoms with Crippen molar-refractivity contribution in [3.05, 3.63) is 38.3 Å². The number of hydrogen-bond acceptors (Lipinski definition) is 5. The van der Waals surface area contributed by atoms with Gasteiger partial charge < -0.3 is 4.74 Å². The fourth-order valence-corrected chi connectivity index (χ4v) is 2.83. The smallest absolute Gasteiger partial charge is 0.323 e. The molecular formula is C13H15BrN2O4. The van der Waals surface area contributed by atoms with Crippen LogP contribution in [-0.4, -0.2) is 35.5 Å². The standard InChI is InChI=1S/C13H15BrN2O4/c1-20-13(17)11-3-2-6-15(11)8-9-4-5-10(14)7-12(9)16(18)19/h4-5,7,11H,2-3,6,8H2,1H3. The molecule has 1 unspecified atom stereocenters. The van der Waals surface area contributed by atoms with Crippen LogP contribution in [0.4, 0.5) is 5.69 Å². The Labute approximate surface area is 125 Å². The summed E-state index contributed by atoms with van der Waals surface area (Å²) in [4.78, 5) is 24.3. The number of carbonyl (C=O) groups is 1. The highest BCUT2D eigenvalue weighted by Gasteiger charge is 2.32. The molecule has 1 saturated heterocycles. The monoisotopic (exact) mass is 342 g/mol. The van der Waals surface area contributed by atoms with Gasteiger partial charge in [-0.05, 0) is 31.5 Å². The van der Waals surface area contributed by atoms with Gasteiger partial charge in [0.2, 0.25) is 0 Å². The number of nitro groups is 1. The summed E-state index contributed by atoms with van der Waals surface area (Å²) < 4.78 is 5.44. The zero-order chi connectivity index (χ0) is 14.7. The number of hydrogen-bond donors (Lipinski definition) is 0. The maximum Gasteiger partial charge on any atom is 0.323 e. The molecule has 0 amide bonds. The van der Waals surface area contributed by atoms with Gasteiger partial charge in [0, 0.05) is 22.6 Å². The maximum atomic E-state index is 11.7. The summed E-state index contributed by atoms with van der Waals surface area (Å²) in [6.45, 7) is 1.12. The van der Waals surface area contributed by atoms with Crippen molar-refractivity contribution in [3.8, 4) is 0 Å². The van der Waals surface area contributed by atoms with Gasteiger partial charge >= 0.3 is 5.97 Å². The Balaban J connectivity index is 2.21. The SMILES string of the molecule is COC(=O)C1CCCN1Cc1ccc(Br)cc1[N+](=O)[O-]. The van der Waals surface area contributed by atoms with Crippen LogP contribution in [0.1, 0.15) is 18.4 Å². The van der Waals surface area contributed by atoms with E-state index >= 15 is 0 Å². The van der Waals surface area contributed by atoms with E-state index in [1.54, 1.807) is 12.1 Å². The van der Waals surface area contributed by atoms with Gasteiger partial charge in [-0.2, -0.15) is 0 Å². The summed E-state index contributed by atoms with van der Waals surface area (Å²) in [6.07, 6.45) is 1.63. The minimum Gasteiger partial charge on any atom is -0.468 e. The molecule has 0 radical (unpaired) electrons. The van der Waals surface area contributed by atoms with Crippen molar-refractivity contribution in [1.82, 2.24) is 4.90 Å². The Bertz CT molecular complexity index is 535. The van der Waals surface area contributed by atoms with Crippen molar-refractivity contribution >= 4 is 27.6 Å². The number of esters is 1. The molecule has 1 fully saturated rings. The van der Waals surface area contributed by atoms with Crippen molar-refractivity contribution < 1.29 is 14.5 Å². The zero-order valence-corrected chi connectivity index (χ0v) is 12.6. The number of nitrogens with zero attached hydrogens (tertiary/aromatic N) is 2. The van der Waals surface area contributed by atoms with Gasteiger partial charge in [-0.1, -0.05) is 15.9 Å². The van der Waals surface area contributed by atoms with Crippen molar-refractivity contribution in [2.75, 3.05) is 13.7 Å². The average Bonchev–Trinajstić information content (AvgIpc) is 2.87. The molecule has 1 atom stereocenters. The lowest BCUT2D eigenvalue weighted by atomic mass is 10.1. The number of benzene rings is 1. The third-order valence-electron chi connectivity index (χ3n) is 3.45. The summed E-state index contributed by atoms with van der Waals surface area (Å²) in [6, 6.07) is 4.67. The zero-order valence-electron chi connectivity index (χ0n) is 11.0. The molecule has 7 heteroatoms. The number of halogens is 1. The van der Waals surface area contributed by atoms with Crippen molar-refractivity contribution in [1.29, 1.82) is 0 Å².